The largest absolute Gasteiger partial charge is 0.394 e. The molecule has 1 aromatic rings. The van der Waals surface area contributed by atoms with E-state index in [1.54, 1.807) is 0 Å². The minimum Gasteiger partial charge on any atom is -0.394 e. The molecule has 0 amide bonds. The number of hydrogen-bond acceptors (Lipinski definition) is 6. The fourth-order valence-corrected chi connectivity index (χ4v) is 2.45. The van der Waals surface area contributed by atoms with Crippen LogP contribution in [0.3, 0.4) is 0 Å². The molecule has 0 saturated carbocycles. The predicted molar refractivity (Wildman–Crippen MR) is 71.2 cm³/mol. The van der Waals surface area contributed by atoms with E-state index in [9.17, 15) is 14.6 Å². The van der Waals surface area contributed by atoms with Gasteiger partial charge in [-0.25, -0.2) is 4.39 Å². The van der Waals surface area contributed by atoms with Crippen LogP contribution >= 0.6 is 24.4 Å². The van der Waals surface area contributed by atoms with Crippen LogP contribution in [0.15, 0.2) is 6.20 Å². The number of nitrogens with one attached hydrogen (secondary N) is 1. The Balaban J connectivity index is 2.58. The van der Waals surface area contributed by atoms with E-state index >= 15 is 0 Å². The molecule has 1 fully saturated rings. The lowest BCUT2D eigenvalue weighted by atomic mass is 9.95. The van der Waals surface area contributed by atoms with E-state index in [2.05, 4.69) is 17.2 Å². The monoisotopic (exact) mass is 318 g/mol. The molecule has 108 valence electrons. The van der Waals surface area contributed by atoms with Crippen molar-refractivity contribution < 1.29 is 24.4 Å². The van der Waals surface area contributed by atoms with E-state index in [4.69, 9.17) is 28.5 Å². The van der Waals surface area contributed by atoms with Gasteiger partial charge in [0.05, 0.1) is 6.61 Å². The lowest BCUT2D eigenvalue weighted by Crippen LogP contribution is -2.46. The van der Waals surface area contributed by atoms with Crippen LogP contribution in [0.4, 0.5) is 4.39 Å². The second-order valence-corrected chi connectivity index (χ2v) is 5.06. The molecule has 2 rings (SSSR count). The first-order valence-corrected chi connectivity index (χ1v) is 6.32. The third-order valence-corrected chi connectivity index (χ3v) is 3.68. The van der Waals surface area contributed by atoms with Gasteiger partial charge in [0.25, 0.3) is 0 Å². The summed E-state index contributed by atoms with van der Waals surface area (Å²) in [4.78, 5) is 2.41. The molecule has 20 heavy (non-hydrogen) atoms. The number of H-pyrrole nitrogens is 1. The second-order valence-electron chi connectivity index (χ2n) is 4.27. The van der Waals surface area contributed by atoms with E-state index in [1.165, 1.54) is 0 Å². The van der Waals surface area contributed by atoms with Crippen molar-refractivity contribution in [1.82, 2.24) is 9.55 Å². The number of rotatable bonds is 2. The van der Waals surface area contributed by atoms with Gasteiger partial charge in [0.1, 0.15) is 16.8 Å². The van der Waals surface area contributed by atoms with Gasteiger partial charge in [-0.2, -0.15) is 0 Å². The van der Waals surface area contributed by atoms with Crippen LogP contribution in [-0.4, -0.2) is 49.3 Å². The van der Waals surface area contributed by atoms with Crippen molar-refractivity contribution in [2.75, 3.05) is 6.61 Å². The summed E-state index contributed by atoms with van der Waals surface area (Å²) in [5.74, 6) is 1.21. The predicted octanol–water partition coefficient (Wildman–Crippen LogP) is 0.0292. The quantitative estimate of drug-likeness (QED) is 0.454. The summed E-state index contributed by atoms with van der Waals surface area (Å²) < 4.78 is 19.6. The van der Waals surface area contributed by atoms with Gasteiger partial charge < -0.3 is 25.0 Å². The molecule has 1 aromatic heterocycles. The molecule has 9 heteroatoms. The fraction of sp³-hybridized carbons (Fsp3) is 0.455. The summed E-state index contributed by atoms with van der Waals surface area (Å²) in [7, 11) is 0. The number of nitrogens with zero attached hydrogens (tertiary/aromatic N) is 1. The van der Waals surface area contributed by atoms with Gasteiger partial charge in [0, 0.05) is 6.20 Å². The molecule has 6 nitrogen and oxygen atoms in total. The van der Waals surface area contributed by atoms with Gasteiger partial charge >= 0.3 is 0 Å². The summed E-state index contributed by atoms with van der Waals surface area (Å²) in [6.45, 7) is -0.569. The minimum atomic E-state index is -2.16. The van der Waals surface area contributed by atoms with Crippen LogP contribution in [0, 0.1) is 27.6 Å². The van der Waals surface area contributed by atoms with Crippen LogP contribution in [0.5, 0.6) is 0 Å². The van der Waals surface area contributed by atoms with Crippen molar-refractivity contribution in [3.63, 3.8) is 0 Å². The number of ether oxygens (including phenoxy) is 1. The number of aliphatic hydroxyl groups excluding tert-OH is 2. The van der Waals surface area contributed by atoms with Gasteiger partial charge in [-0.05, 0) is 12.2 Å². The fourth-order valence-electron chi connectivity index (χ4n) is 1.99. The maximum atomic E-state index is 13.5. The molecule has 0 radical (unpaired) electrons. The third kappa shape index (κ3) is 2.20. The molecule has 1 unspecified atom stereocenters. The SMILES string of the molecule is C#C[C@@]1(O)C(O)[C@@H](CO)O[C@H]1n1cc(F)c(=S)[nH]c1=S. The van der Waals surface area contributed by atoms with E-state index in [-0.39, 0.29) is 9.41 Å². The van der Waals surface area contributed by atoms with Crippen molar-refractivity contribution in [3.05, 3.63) is 21.4 Å². The highest BCUT2D eigenvalue weighted by Crippen LogP contribution is 2.38. The van der Waals surface area contributed by atoms with E-state index in [0.717, 1.165) is 10.8 Å². The Labute approximate surface area is 123 Å². The number of halogens is 1. The second kappa shape index (κ2) is 5.33. The van der Waals surface area contributed by atoms with Crippen LogP contribution < -0.4 is 0 Å². The summed E-state index contributed by atoms with van der Waals surface area (Å²) in [5.41, 5.74) is -2.16. The molecule has 1 aliphatic heterocycles. The van der Waals surface area contributed by atoms with Crippen molar-refractivity contribution >= 4 is 24.4 Å². The minimum absolute atomic E-state index is 0.0409. The first kappa shape index (κ1) is 15.2. The first-order valence-electron chi connectivity index (χ1n) is 5.50. The highest BCUT2D eigenvalue weighted by atomic mass is 32.1. The van der Waals surface area contributed by atoms with Crippen molar-refractivity contribution in [2.45, 2.75) is 24.0 Å². The van der Waals surface area contributed by atoms with Crippen LogP contribution in [-0.2, 0) is 4.74 Å². The zero-order chi connectivity index (χ0) is 15.1. The number of aromatic nitrogens is 2. The molecule has 4 N–H and O–H groups in total. The molecule has 2 heterocycles. The number of terminal acetylenes is 1. The molecule has 0 aliphatic carbocycles. The third-order valence-electron chi connectivity index (χ3n) is 3.07. The first-order chi connectivity index (χ1) is 9.35. The Morgan fingerprint density at radius 1 is 1.60 bits per heavy atom. The normalized spacial score (nSPS) is 33.0. The maximum Gasteiger partial charge on any atom is 0.199 e. The van der Waals surface area contributed by atoms with E-state index in [1.807, 2.05) is 5.92 Å². The Morgan fingerprint density at radius 3 is 2.80 bits per heavy atom. The topological polar surface area (TPSA) is 90.6 Å². The zero-order valence-electron chi connectivity index (χ0n) is 9.99. The number of aliphatic hydroxyl groups is 3. The lowest BCUT2D eigenvalue weighted by Gasteiger charge is -2.27. The molecule has 0 aromatic carbocycles. The van der Waals surface area contributed by atoms with Crippen LogP contribution in [0.25, 0.3) is 0 Å². The maximum absolute atomic E-state index is 13.5. The smallest absolute Gasteiger partial charge is 0.199 e. The molecular formula is C11H11FN2O4S2. The highest BCUT2D eigenvalue weighted by Gasteiger charge is 2.55. The molecule has 1 aliphatic rings. The number of hydrogen-bond donors (Lipinski definition) is 4. The molecule has 1 saturated heterocycles. The molecule has 0 bridgehead atoms. The van der Waals surface area contributed by atoms with Crippen LogP contribution in [0.2, 0.25) is 0 Å². The van der Waals surface area contributed by atoms with Gasteiger partial charge in [-0.1, -0.05) is 18.1 Å². The van der Waals surface area contributed by atoms with Crippen molar-refractivity contribution in [1.29, 1.82) is 0 Å². The summed E-state index contributed by atoms with van der Waals surface area (Å²) in [6.07, 6.45) is 2.13. The van der Waals surface area contributed by atoms with Gasteiger partial charge in [-0.3, -0.25) is 4.57 Å². The Morgan fingerprint density at radius 2 is 2.25 bits per heavy atom. The van der Waals surface area contributed by atoms with Crippen LogP contribution in [0.1, 0.15) is 6.23 Å². The Hall–Kier alpha value is -1.15. The van der Waals surface area contributed by atoms with E-state index in [0.29, 0.717) is 0 Å². The summed E-state index contributed by atoms with van der Waals surface area (Å²) in [6, 6.07) is 0. The molecule has 4 atom stereocenters. The summed E-state index contributed by atoms with van der Waals surface area (Å²) >= 11 is 9.66. The van der Waals surface area contributed by atoms with Gasteiger partial charge in [-0.15, -0.1) is 6.42 Å². The van der Waals surface area contributed by atoms with Crippen molar-refractivity contribution in [2.24, 2.45) is 0 Å². The van der Waals surface area contributed by atoms with Crippen molar-refractivity contribution in [3.8, 4) is 12.3 Å². The zero-order valence-corrected chi connectivity index (χ0v) is 11.6. The van der Waals surface area contributed by atoms with E-state index < -0.39 is 36.5 Å². The van der Waals surface area contributed by atoms with Gasteiger partial charge in [0.2, 0.25) is 0 Å². The Bertz CT molecular complexity index is 682. The Kier molecular flexibility index (Phi) is 4.06. The average Bonchev–Trinajstić information content (AvgIpc) is 2.67. The van der Waals surface area contributed by atoms with Gasteiger partial charge in [0.15, 0.2) is 22.4 Å². The standard InChI is InChI=1S/C11H11FN2O4S2/c1-2-11(17)7(16)6(4-15)18-9(11)14-3-5(12)8(19)13-10(14)20/h1,3,6-7,9,15-17H,4H2,(H,13,19,20)/t6-,7?,9-,11-/m1/s1. The molecule has 0 spiro atoms. The molecular weight excluding hydrogens is 307 g/mol. The highest BCUT2D eigenvalue weighted by molar-refractivity contribution is 7.72. The summed E-state index contributed by atoms with van der Waals surface area (Å²) in [5, 5.41) is 29.3. The average molecular weight is 318 g/mol. The number of aromatic amines is 1. The lowest BCUT2D eigenvalue weighted by molar-refractivity contribution is -0.0758.